The highest BCUT2D eigenvalue weighted by Crippen LogP contribution is 2.05. The Labute approximate surface area is 60.3 Å². The average Bonchev–Trinajstić information content (AvgIpc) is 2.05. The molecule has 2 aliphatic heterocycles. The molecule has 0 saturated carbocycles. The third kappa shape index (κ3) is 0.968. The number of hydrogen-bond donors (Lipinski definition) is 1. The summed E-state index contributed by atoms with van der Waals surface area (Å²) in [5, 5.41) is 3.17. The van der Waals surface area contributed by atoms with Crippen LogP contribution in [0.15, 0.2) is 9.98 Å². The minimum Gasteiger partial charge on any atom is -0.293 e. The van der Waals surface area contributed by atoms with Gasteiger partial charge in [-0.2, -0.15) is 0 Å². The monoisotopic (exact) mass is 137 g/mol. The van der Waals surface area contributed by atoms with E-state index < -0.39 is 0 Å². The lowest BCUT2D eigenvalue weighted by molar-refractivity contribution is 0.751. The maximum atomic E-state index is 4.37. The number of hydrogen-bond acceptors (Lipinski definition) is 3. The third-order valence-corrected chi connectivity index (χ3v) is 1.88. The zero-order valence-corrected chi connectivity index (χ0v) is 5.93. The van der Waals surface area contributed by atoms with Crippen LogP contribution < -0.4 is 5.32 Å². The number of fused-ring (bicyclic) bond motifs is 1. The van der Waals surface area contributed by atoms with Gasteiger partial charge in [-0.25, -0.2) is 0 Å². The molecule has 0 aromatic heterocycles. The van der Waals surface area contributed by atoms with Crippen LogP contribution in [0.3, 0.4) is 0 Å². The van der Waals surface area contributed by atoms with Gasteiger partial charge in [0, 0.05) is 13.1 Å². The number of aliphatic imine (C=N–C) groups is 2. The van der Waals surface area contributed by atoms with Crippen molar-refractivity contribution in [2.45, 2.75) is 12.8 Å². The van der Waals surface area contributed by atoms with Crippen molar-refractivity contribution in [1.82, 2.24) is 5.32 Å². The Kier molecular flexibility index (Phi) is 1.51. The van der Waals surface area contributed by atoms with Crippen LogP contribution in [0.4, 0.5) is 0 Å². The van der Waals surface area contributed by atoms with Crippen molar-refractivity contribution < 1.29 is 0 Å². The molecule has 2 rings (SSSR count). The highest BCUT2D eigenvalue weighted by Gasteiger charge is 2.14. The molecular formula is C7H11N3. The molecule has 0 aliphatic carbocycles. The minimum absolute atomic E-state index is 0.786. The normalized spacial score (nSPS) is 24.8. The van der Waals surface area contributed by atoms with E-state index in [1.54, 1.807) is 0 Å². The first-order valence-electron chi connectivity index (χ1n) is 3.74. The van der Waals surface area contributed by atoms with Crippen molar-refractivity contribution in [2.75, 3.05) is 19.8 Å². The summed E-state index contributed by atoms with van der Waals surface area (Å²) in [7, 11) is 0. The molecule has 3 heteroatoms. The van der Waals surface area contributed by atoms with Crippen LogP contribution in [0.1, 0.15) is 12.8 Å². The summed E-state index contributed by atoms with van der Waals surface area (Å²) in [6, 6.07) is 0. The van der Waals surface area contributed by atoms with Gasteiger partial charge in [-0.3, -0.25) is 15.3 Å². The van der Waals surface area contributed by atoms with Gasteiger partial charge >= 0.3 is 0 Å². The van der Waals surface area contributed by atoms with E-state index in [-0.39, 0.29) is 0 Å². The predicted molar refractivity (Wildman–Crippen MR) is 41.8 cm³/mol. The van der Waals surface area contributed by atoms with Gasteiger partial charge in [0.25, 0.3) is 0 Å². The van der Waals surface area contributed by atoms with Crippen LogP contribution in [0.5, 0.6) is 0 Å². The highest BCUT2D eigenvalue weighted by molar-refractivity contribution is 6.43. The first-order chi connectivity index (χ1) is 4.97. The van der Waals surface area contributed by atoms with Crippen molar-refractivity contribution in [2.24, 2.45) is 9.98 Å². The van der Waals surface area contributed by atoms with E-state index in [2.05, 4.69) is 15.3 Å². The second-order valence-corrected chi connectivity index (χ2v) is 2.62. The van der Waals surface area contributed by atoms with Gasteiger partial charge in [-0.15, -0.1) is 0 Å². The Morgan fingerprint density at radius 2 is 2.20 bits per heavy atom. The molecule has 1 N–H and O–H groups in total. The number of rotatable bonds is 0. The van der Waals surface area contributed by atoms with Crippen molar-refractivity contribution in [3.05, 3.63) is 0 Å². The van der Waals surface area contributed by atoms with Crippen molar-refractivity contribution in [3.8, 4) is 0 Å². The van der Waals surface area contributed by atoms with Gasteiger partial charge in [-0.1, -0.05) is 0 Å². The molecule has 0 saturated heterocycles. The van der Waals surface area contributed by atoms with Crippen LogP contribution in [-0.2, 0) is 0 Å². The fourth-order valence-electron chi connectivity index (χ4n) is 1.35. The maximum absolute atomic E-state index is 4.37. The molecule has 0 fully saturated rings. The number of nitrogens with one attached hydrogen (secondary N) is 1. The Hall–Kier alpha value is -0.700. The Morgan fingerprint density at radius 3 is 3.10 bits per heavy atom. The second-order valence-electron chi connectivity index (χ2n) is 2.62. The van der Waals surface area contributed by atoms with E-state index in [4.69, 9.17) is 0 Å². The van der Waals surface area contributed by atoms with Gasteiger partial charge in [-0.05, 0) is 12.8 Å². The largest absolute Gasteiger partial charge is 0.293 e. The van der Waals surface area contributed by atoms with Gasteiger partial charge in [0.05, 0.1) is 18.1 Å². The van der Waals surface area contributed by atoms with Gasteiger partial charge in [0.2, 0.25) is 0 Å². The zero-order chi connectivity index (χ0) is 6.81. The van der Waals surface area contributed by atoms with Crippen molar-refractivity contribution >= 4 is 11.4 Å². The smallest absolute Gasteiger partial charge is 0.0891 e. The topological polar surface area (TPSA) is 36.8 Å². The lowest BCUT2D eigenvalue weighted by atomic mass is 10.1. The molecule has 0 aromatic carbocycles. The van der Waals surface area contributed by atoms with Crippen LogP contribution in [0.25, 0.3) is 0 Å². The van der Waals surface area contributed by atoms with Crippen molar-refractivity contribution in [1.29, 1.82) is 0 Å². The van der Waals surface area contributed by atoms with Gasteiger partial charge in [0.15, 0.2) is 0 Å². The van der Waals surface area contributed by atoms with Gasteiger partial charge in [0.1, 0.15) is 0 Å². The van der Waals surface area contributed by atoms with Crippen LogP contribution in [0.2, 0.25) is 0 Å². The highest BCUT2D eigenvalue weighted by atomic mass is 15.1. The summed E-state index contributed by atoms with van der Waals surface area (Å²) in [4.78, 5) is 8.70. The van der Waals surface area contributed by atoms with E-state index in [9.17, 15) is 0 Å². The molecule has 0 atom stereocenters. The molecular weight excluding hydrogens is 126 g/mol. The van der Waals surface area contributed by atoms with E-state index in [0.717, 1.165) is 26.2 Å². The summed E-state index contributed by atoms with van der Waals surface area (Å²) >= 11 is 0. The van der Waals surface area contributed by atoms with E-state index >= 15 is 0 Å². The summed E-state index contributed by atoms with van der Waals surface area (Å²) in [5.41, 5.74) is 2.43. The first-order valence-corrected chi connectivity index (χ1v) is 3.74. The fourth-order valence-corrected chi connectivity index (χ4v) is 1.35. The second kappa shape index (κ2) is 2.50. The molecule has 0 radical (unpaired) electrons. The third-order valence-electron chi connectivity index (χ3n) is 1.88. The molecule has 0 amide bonds. The molecule has 10 heavy (non-hydrogen) atoms. The molecule has 0 aromatic rings. The molecule has 0 bridgehead atoms. The zero-order valence-electron chi connectivity index (χ0n) is 5.93. The predicted octanol–water partition coefficient (Wildman–Crippen LogP) is 0.223. The van der Waals surface area contributed by atoms with Crippen LogP contribution >= 0.6 is 0 Å². The Morgan fingerprint density at radius 1 is 1.20 bits per heavy atom. The summed E-state index contributed by atoms with van der Waals surface area (Å²) in [6.07, 6.45) is 2.32. The Bertz CT molecular complexity index is 171. The SMILES string of the molecule is C1CN=C2CNCN=C2C1. The Balaban J connectivity index is 2.25. The molecule has 2 aliphatic rings. The van der Waals surface area contributed by atoms with Crippen LogP contribution in [0, 0.1) is 0 Å². The summed E-state index contributed by atoms with van der Waals surface area (Å²) in [6.45, 7) is 2.71. The van der Waals surface area contributed by atoms with Crippen LogP contribution in [-0.4, -0.2) is 31.2 Å². The summed E-state index contributed by atoms with van der Waals surface area (Å²) < 4.78 is 0. The minimum atomic E-state index is 0.786. The molecule has 54 valence electrons. The van der Waals surface area contributed by atoms with Crippen molar-refractivity contribution in [3.63, 3.8) is 0 Å². The molecule has 3 nitrogen and oxygen atoms in total. The maximum Gasteiger partial charge on any atom is 0.0891 e. The van der Waals surface area contributed by atoms with E-state index in [1.807, 2.05) is 0 Å². The van der Waals surface area contributed by atoms with E-state index in [0.29, 0.717) is 0 Å². The van der Waals surface area contributed by atoms with E-state index in [1.165, 1.54) is 17.8 Å². The summed E-state index contributed by atoms with van der Waals surface area (Å²) in [5.74, 6) is 0. The fraction of sp³-hybridized carbons (Fsp3) is 0.714. The lowest BCUT2D eigenvalue weighted by Gasteiger charge is -2.19. The molecule has 0 spiro atoms. The molecule has 2 heterocycles. The number of nitrogens with zero attached hydrogens (tertiary/aromatic N) is 2. The lowest BCUT2D eigenvalue weighted by Crippen LogP contribution is -2.36. The van der Waals surface area contributed by atoms with Gasteiger partial charge < -0.3 is 0 Å². The molecule has 0 unspecified atom stereocenters. The first kappa shape index (κ1) is 6.04. The average molecular weight is 137 g/mol. The standard InChI is InChI=1S/C7H11N3/c1-2-6-7(9-3-1)4-8-5-10-6/h8H,1-5H2. The quantitative estimate of drug-likeness (QED) is 0.509.